The fourth-order valence-corrected chi connectivity index (χ4v) is 2.23. The largest absolute Gasteiger partial charge is 0.481 e. The summed E-state index contributed by atoms with van der Waals surface area (Å²) in [6.07, 6.45) is 0.124. The Morgan fingerprint density at radius 1 is 1.33 bits per heavy atom. The summed E-state index contributed by atoms with van der Waals surface area (Å²) in [5.41, 5.74) is 3.77. The van der Waals surface area contributed by atoms with Crippen LogP contribution in [0.15, 0.2) is 41.2 Å². The molecule has 0 bridgehead atoms. The van der Waals surface area contributed by atoms with E-state index in [0.29, 0.717) is 13.1 Å². The molecule has 0 radical (unpaired) electrons. The van der Waals surface area contributed by atoms with Gasteiger partial charge in [0.05, 0.1) is 24.2 Å². The standard InChI is InChI=1S/C13H14N2O2S/c16-13(17)6-7-15(8-11-9-18-10-14-11)12-4-2-1-3-5-12/h1-5,9-10H,6-8H2,(H,16,17). The van der Waals surface area contributed by atoms with Crippen LogP contribution in [0.3, 0.4) is 0 Å². The van der Waals surface area contributed by atoms with Crippen molar-refractivity contribution in [2.75, 3.05) is 11.4 Å². The molecule has 18 heavy (non-hydrogen) atoms. The zero-order chi connectivity index (χ0) is 12.8. The van der Waals surface area contributed by atoms with Crippen molar-refractivity contribution >= 4 is 23.0 Å². The number of thiazole rings is 1. The Balaban J connectivity index is 2.10. The maximum Gasteiger partial charge on any atom is 0.305 e. The summed E-state index contributed by atoms with van der Waals surface area (Å²) in [4.78, 5) is 17.0. The van der Waals surface area contributed by atoms with Crippen LogP contribution in [0.2, 0.25) is 0 Å². The van der Waals surface area contributed by atoms with Crippen molar-refractivity contribution in [1.29, 1.82) is 0 Å². The molecule has 1 aromatic heterocycles. The molecule has 0 aliphatic rings. The van der Waals surface area contributed by atoms with E-state index in [1.807, 2.05) is 40.6 Å². The monoisotopic (exact) mass is 262 g/mol. The zero-order valence-corrected chi connectivity index (χ0v) is 10.6. The number of hydrogen-bond acceptors (Lipinski definition) is 4. The van der Waals surface area contributed by atoms with Crippen molar-refractivity contribution in [3.63, 3.8) is 0 Å². The first-order valence-corrected chi connectivity index (χ1v) is 6.59. The van der Waals surface area contributed by atoms with E-state index >= 15 is 0 Å². The quantitative estimate of drug-likeness (QED) is 0.869. The van der Waals surface area contributed by atoms with Gasteiger partial charge in [-0.05, 0) is 12.1 Å². The Kier molecular flexibility index (Phi) is 4.30. The van der Waals surface area contributed by atoms with Gasteiger partial charge in [0.25, 0.3) is 0 Å². The van der Waals surface area contributed by atoms with Crippen molar-refractivity contribution in [2.45, 2.75) is 13.0 Å². The molecule has 0 atom stereocenters. The van der Waals surface area contributed by atoms with E-state index in [9.17, 15) is 4.79 Å². The molecule has 1 heterocycles. The van der Waals surface area contributed by atoms with E-state index in [0.717, 1.165) is 11.4 Å². The van der Waals surface area contributed by atoms with Crippen molar-refractivity contribution < 1.29 is 9.90 Å². The second-order valence-electron chi connectivity index (χ2n) is 3.88. The molecule has 0 saturated carbocycles. The number of hydrogen-bond donors (Lipinski definition) is 1. The fraction of sp³-hybridized carbons (Fsp3) is 0.231. The second kappa shape index (κ2) is 6.16. The average Bonchev–Trinajstić information content (AvgIpc) is 2.88. The maximum absolute atomic E-state index is 10.7. The number of carboxylic acid groups (broad SMARTS) is 1. The molecule has 5 heteroatoms. The third kappa shape index (κ3) is 3.56. The molecule has 1 N–H and O–H groups in total. The lowest BCUT2D eigenvalue weighted by molar-refractivity contribution is -0.136. The molecule has 2 aromatic rings. The number of nitrogens with zero attached hydrogens (tertiary/aromatic N) is 2. The number of rotatable bonds is 6. The summed E-state index contributed by atoms with van der Waals surface area (Å²) in [5, 5.41) is 10.8. The van der Waals surface area contributed by atoms with E-state index in [1.165, 1.54) is 0 Å². The van der Waals surface area contributed by atoms with Gasteiger partial charge in [-0.15, -0.1) is 11.3 Å². The highest BCUT2D eigenvalue weighted by Gasteiger charge is 2.10. The SMILES string of the molecule is O=C(O)CCN(Cc1cscn1)c1ccccc1. The highest BCUT2D eigenvalue weighted by Crippen LogP contribution is 2.17. The molecule has 0 fully saturated rings. The summed E-state index contributed by atoms with van der Waals surface area (Å²) in [7, 11) is 0. The number of carboxylic acids is 1. The van der Waals surface area contributed by atoms with Crippen LogP contribution >= 0.6 is 11.3 Å². The smallest absolute Gasteiger partial charge is 0.305 e. The van der Waals surface area contributed by atoms with Crippen molar-refractivity contribution in [3.8, 4) is 0 Å². The number of para-hydroxylation sites is 1. The lowest BCUT2D eigenvalue weighted by Crippen LogP contribution is -2.25. The van der Waals surface area contributed by atoms with Crippen LogP contribution in [0.5, 0.6) is 0 Å². The first-order chi connectivity index (χ1) is 8.75. The number of benzene rings is 1. The summed E-state index contributed by atoms with van der Waals surface area (Å²) < 4.78 is 0. The van der Waals surface area contributed by atoms with Gasteiger partial charge in [0, 0.05) is 17.6 Å². The van der Waals surface area contributed by atoms with Crippen LogP contribution in [0.25, 0.3) is 0 Å². The Labute approximate surface area is 110 Å². The first-order valence-electron chi connectivity index (χ1n) is 5.64. The van der Waals surface area contributed by atoms with Crippen LogP contribution in [0, 0.1) is 0 Å². The van der Waals surface area contributed by atoms with Gasteiger partial charge in [-0.25, -0.2) is 4.98 Å². The summed E-state index contributed by atoms with van der Waals surface area (Å²) in [6.45, 7) is 1.12. The van der Waals surface area contributed by atoms with E-state index in [-0.39, 0.29) is 6.42 Å². The number of anilines is 1. The van der Waals surface area contributed by atoms with Gasteiger partial charge < -0.3 is 10.0 Å². The van der Waals surface area contributed by atoms with Gasteiger partial charge in [0.15, 0.2) is 0 Å². The number of aliphatic carboxylic acids is 1. The van der Waals surface area contributed by atoms with Gasteiger partial charge in [0.2, 0.25) is 0 Å². The van der Waals surface area contributed by atoms with Gasteiger partial charge >= 0.3 is 5.97 Å². The van der Waals surface area contributed by atoms with Crippen LogP contribution in [0.4, 0.5) is 5.69 Å². The molecule has 1 aromatic carbocycles. The molecule has 0 spiro atoms. The summed E-state index contributed by atoms with van der Waals surface area (Å²) in [6, 6.07) is 9.80. The Hall–Kier alpha value is -1.88. The minimum atomic E-state index is -0.783. The normalized spacial score (nSPS) is 10.2. The average molecular weight is 262 g/mol. The Morgan fingerprint density at radius 3 is 2.72 bits per heavy atom. The van der Waals surface area contributed by atoms with Gasteiger partial charge in [-0.1, -0.05) is 18.2 Å². The fourth-order valence-electron chi connectivity index (χ4n) is 1.68. The topological polar surface area (TPSA) is 53.4 Å². The number of aromatic nitrogens is 1. The van der Waals surface area contributed by atoms with Crippen molar-refractivity contribution in [3.05, 3.63) is 46.9 Å². The van der Waals surface area contributed by atoms with Gasteiger partial charge in [-0.2, -0.15) is 0 Å². The second-order valence-corrected chi connectivity index (χ2v) is 4.60. The summed E-state index contributed by atoms with van der Waals surface area (Å²) in [5.74, 6) is -0.783. The third-order valence-corrected chi connectivity index (χ3v) is 3.19. The molecule has 2 rings (SSSR count). The van der Waals surface area contributed by atoms with Crippen LogP contribution in [0.1, 0.15) is 12.1 Å². The first kappa shape index (κ1) is 12.6. The molecule has 0 aliphatic heterocycles. The van der Waals surface area contributed by atoms with Crippen molar-refractivity contribution in [2.24, 2.45) is 0 Å². The van der Waals surface area contributed by atoms with Gasteiger partial charge in [-0.3, -0.25) is 4.79 Å². The highest BCUT2D eigenvalue weighted by molar-refractivity contribution is 7.07. The molecule has 0 aliphatic carbocycles. The van der Waals surface area contributed by atoms with Gasteiger partial charge in [0.1, 0.15) is 0 Å². The molecular weight excluding hydrogens is 248 g/mol. The Bertz CT molecular complexity index is 485. The van der Waals surface area contributed by atoms with Crippen LogP contribution in [-0.4, -0.2) is 22.6 Å². The van der Waals surface area contributed by atoms with Crippen LogP contribution < -0.4 is 4.90 Å². The van der Waals surface area contributed by atoms with E-state index in [1.54, 1.807) is 16.8 Å². The molecule has 94 valence electrons. The van der Waals surface area contributed by atoms with Crippen molar-refractivity contribution in [1.82, 2.24) is 4.98 Å². The van der Waals surface area contributed by atoms with E-state index in [2.05, 4.69) is 4.98 Å². The minimum absolute atomic E-state index is 0.124. The molecule has 0 amide bonds. The van der Waals surface area contributed by atoms with E-state index in [4.69, 9.17) is 5.11 Å². The minimum Gasteiger partial charge on any atom is -0.481 e. The predicted molar refractivity (Wildman–Crippen MR) is 71.9 cm³/mol. The number of carbonyl (C=O) groups is 1. The van der Waals surface area contributed by atoms with E-state index < -0.39 is 5.97 Å². The lowest BCUT2D eigenvalue weighted by atomic mass is 10.2. The molecule has 0 saturated heterocycles. The third-order valence-electron chi connectivity index (χ3n) is 2.55. The maximum atomic E-state index is 10.7. The highest BCUT2D eigenvalue weighted by atomic mass is 32.1. The summed E-state index contributed by atoms with van der Waals surface area (Å²) >= 11 is 1.55. The Morgan fingerprint density at radius 2 is 2.11 bits per heavy atom. The lowest BCUT2D eigenvalue weighted by Gasteiger charge is -2.23. The van der Waals surface area contributed by atoms with Crippen LogP contribution in [-0.2, 0) is 11.3 Å². The molecule has 4 nitrogen and oxygen atoms in total. The predicted octanol–water partition coefficient (Wildman–Crippen LogP) is 2.62. The molecular formula is C13H14N2O2S. The zero-order valence-electron chi connectivity index (χ0n) is 9.82. The molecule has 0 unspecified atom stereocenters.